The Morgan fingerprint density at radius 3 is 2.50 bits per heavy atom. The minimum atomic E-state index is -0.190. The number of hydrogen-bond acceptors (Lipinski definition) is 2. The van der Waals surface area contributed by atoms with Crippen LogP contribution in [0.5, 0.6) is 0 Å². The number of hydrogen-bond donors (Lipinski definition) is 0. The lowest BCUT2D eigenvalue weighted by molar-refractivity contribution is -0.132. The van der Waals surface area contributed by atoms with E-state index in [1.54, 1.807) is 0 Å². The van der Waals surface area contributed by atoms with Gasteiger partial charge in [-0.1, -0.05) is 41.9 Å². The molecule has 0 fully saturated rings. The minimum absolute atomic E-state index is 0.00111. The van der Waals surface area contributed by atoms with Crippen LogP contribution >= 0.6 is 11.6 Å². The molecule has 0 aromatic heterocycles. The van der Waals surface area contributed by atoms with E-state index >= 15 is 0 Å². The molecule has 0 saturated carbocycles. The second kappa shape index (κ2) is 7.50. The first-order valence-corrected chi connectivity index (χ1v) is 9.14. The molecule has 26 heavy (non-hydrogen) atoms. The Labute approximate surface area is 159 Å². The number of fused-ring (bicyclic) bond motifs is 1. The van der Waals surface area contributed by atoms with E-state index in [1.807, 2.05) is 43.0 Å². The third-order valence-corrected chi connectivity index (χ3v) is 5.11. The SMILES string of the molecule is CC(=O)N(CC(=O)N1CCc2ccccc2C1)c1c(C)cc(C)cc1Cl. The Balaban J connectivity index is 1.81. The van der Waals surface area contributed by atoms with Gasteiger partial charge in [-0.25, -0.2) is 0 Å². The van der Waals surface area contributed by atoms with Crippen molar-refractivity contribution in [2.75, 3.05) is 18.0 Å². The molecule has 1 aliphatic rings. The second-order valence-electron chi connectivity index (χ2n) is 6.85. The smallest absolute Gasteiger partial charge is 0.242 e. The molecule has 2 aromatic rings. The Morgan fingerprint density at radius 2 is 1.85 bits per heavy atom. The lowest BCUT2D eigenvalue weighted by Crippen LogP contribution is -2.44. The number of carbonyl (C=O) groups excluding carboxylic acids is 2. The fraction of sp³-hybridized carbons (Fsp3) is 0.333. The maximum absolute atomic E-state index is 12.9. The standard InChI is InChI=1S/C21H23ClN2O2/c1-14-10-15(2)21(19(22)11-14)24(16(3)25)13-20(26)23-9-8-17-6-4-5-7-18(17)12-23/h4-7,10-11H,8-9,12-13H2,1-3H3. The van der Waals surface area contributed by atoms with Gasteiger partial charge < -0.3 is 9.80 Å². The molecule has 0 N–H and O–H groups in total. The van der Waals surface area contributed by atoms with Gasteiger partial charge in [-0.05, 0) is 48.6 Å². The van der Waals surface area contributed by atoms with Crippen molar-refractivity contribution in [3.8, 4) is 0 Å². The molecule has 0 unspecified atom stereocenters. The first-order chi connectivity index (χ1) is 12.4. The molecule has 5 heteroatoms. The summed E-state index contributed by atoms with van der Waals surface area (Å²) < 4.78 is 0. The third-order valence-electron chi connectivity index (χ3n) is 4.83. The molecule has 3 rings (SSSR count). The number of amides is 2. The Morgan fingerprint density at radius 1 is 1.15 bits per heavy atom. The molecule has 2 aromatic carbocycles. The van der Waals surface area contributed by atoms with Crippen molar-refractivity contribution in [1.29, 1.82) is 0 Å². The van der Waals surface area contributed by atoms with E-state index < -0.39 is 0 Å². The molecule has 136 valence electrons. The van der Waals surface area contributed by atoms with Gasteiger partial charge in [-0.15, -0.1) is 0 Å². The van der Waals surface area contributed by atoms with Crippen LogP contribution in [0.2, 0.25) is 5.02 Å². The summed E-state index contributed by atoms with van der Waals surface area (Å²) in [5, 5.41) is 0.495. The summed E-state index contributed by atoms with van der Waals surface area (Å²) in [4.78, 5) is 28.4. The molecule has 0 radical (unpaired) electrons. The van der Waals surface area contributed by atoms with Crippen molar-refractivity contribution in [3.63, 3.8) is 0 Å². The van der Waals surface area contributed by atoms with Gasteiger partial charge in [0.15, 0.2) is 0 Å². The molecule has 0 aliphatic carbocycles. The fourth-order valence-corrected chi connectivity index (χ4v) is 3.96. The zero-order chi connectivity index (χ0) is 18.8. The van der Waals surface area contributed by atoms with Crippen molar-refractivity contribution in [3.05, 3.63) is 63.7 Å². The van der Waals surface area contributed by atoms with E-state index in [0.29, 0.717) is 23.8 Å². The van der Waals surface area contributed by atoms with E-state index in [0.717, 1.165) is 17.5 Å². The summed E-state index contributed by atoms with van der Waals surface area (Å²) in [5.41, 5.74) is 5.00. The molecular formula is C21H23ClN2O2. The van der Waals surface area contributed by atoms with E-state index in [-0.39, 0.29) is 18.4 Å². The van der Waals surface area contributed by atoms with E-state index in [2.05, 4.69) is 12.1 Å². The number of benzene rings is 2. The van der Waals surface area contributed by atoms with Crippen LogP contribution in [0.15, 0.2) is 36.4 Å². The maximum Gasteiger partial charge on any atom is 0.242 e. The van der Waals surface area contributed by atoms with Crippen LogP contribution in [-0.2, 0) is 22.6 Å². The predicted molar refractivity (Wildman–Crippen MR) is 105 cm³/mol. The monoisotopic (exact) mass is 370 g/mol. The van der Waals surface area contributed by atoms with Crippen LogP contribution in [0.3, 0.4) is 0 Å². The maximum atomic E-state index is 12.9. The molecule has 0 saturated heterocycles. The molecule has 0 spiro atoms. The molecule has 1 heterocycles. The molecule has 4 nitrogen and oxygen atoms in total. The predicted octanol–water partition coefficient (Wildman–Crippen LogP) is 3.89. The average Bonchev–Trinajstić information content (AvgIpc) is 2.59. The van der Waals surface area contributed by atoms with Crippen LogP contribution in [-0.4, -0.2) is 29.8 Å². The molecule has 0 atom stereocenters. The normalized spacial score (nSPS) is 13.3. The zero-order valence-corrected chi connectivity index (χ0v) is 16.1. The van der Waals surface area contributed by atoms with Gasteiger partial charge in [0, 0.05) is 20.0 Å². The summed E-state index contributed by atoms with van der Waals surface area (Å²) in [6.45, 7) is 6.59. The lowest BCUT2D eigenvalue weighted by atomic mass is 10.00. The quantitative estimate of drug-likeness (QED) is 0.822. The number of rotatable bonds is 3. The Hall–Kier alpha value is -2.33. The van der Waals surface area contributed by atoms with Gasteiger partial charge in [0.25, 0.3) is 0 Å². The van der Waals surface area contributed by atoms with Crippen LogP contribution in [0.25, 0.3) is 0 Å². The number of halogens is 1. The lowest BCUT2D eigenvalue weighted by Gasteiger charge is -2.31. The van der Waals surface area contributed by atoms with Gasteiger partial charge in [0.2, 0.25) is 11.8 Å². The number of anilines is 1. The van der Waals surface area contributed by atoms with Crippen molar-refractivity contribution in [2.45, 2.75) is 33.7 Å². The van der Waals surface area contributed by atoms with Crippen molar-refractivity contribution in [1.82, 2.24) is 4.90 Å². The van der Waals surface area contributed by atoms with Crippen LogP contribution in [0, 0.1) is 13.8 Å². The zero-order valence-electron chi connectivity index (χ0n) is 15.4. The van der Waals surface area contributed by atoms with Crippen molar-refractivity contribution >= 4 is 29.1 Å². The summed E-state index contributed by atoms with van der Waals surface area (Å²) in [6, 6.07) is 12.0. The summed E-state index contributed by atoms with van der Waals surface area (Å²) in [6.07, 6.45) is 0.840. The highest BCUT2D eigenvalue weighted by atomic mass is 35.5. The van der Waals surface area contributed by atoms with Crippen molar-refractivity contribution < 1.29 is 9.59 Å². The van der Waals surface area contributed by atoms with Gasteiger partial charge >= 0.3 is 0 Å². The molecule has 1 aliphatic heterocycles. The summed E-state index contributed by atoms with van der Waals surface area (Å²) in [7, 11) is 0. The van der Waals surface area contributed by atoms with E-state index in [9.17, 15) is 9.59 Å². The first kappa shape index (κ1) is 18.5. The van der Waals surface area contributed by atoms with E-state index in [4.69, 9.17) is 11.6 Å². The summed E-state index contributed by atoms with van der Waals surface area (Å²) >= 11 is 6.39. The van der Waals surface area contributed by atoms with Crippen LogP contribution in [0.1, 0.15) is 29.2 Å². The largest absolute Gasteiger partial charge is 0.336 e. The minimum Gasteiger partial charge on any atom is -0.336 e. The number of aryl methyl sites for hydroxylation is 2. The molecular weight excluding hydrogens is 348 g/mol. The highest BCUT2D eigenvalue weighted by molar-refractivity contribution is 6.34. The van der Waals surface area contributed by atoms with Gasteiger partial charge in [-0.2, -0.15) is 0 Å². The fourth-order valence-electron chi connectivity index (χ4n) is 3.54. The summed E-state index contributed by atoms with van der Waals surface area (Å²) in [5.74, 6) is -0.254. The average molecular weight is 371 g/mol. The third kappa shape index (κ3) is 3.75. The van der Waals surface area contributed by atoms with Crippen molar-refractivity contribution in [2.24, 2.45) is 0 Å². The molecule has 2 amide bonds. The van der Waals surface area contributed by atoms with Gasteiger partial charge in [0.1, 0.15) is 6.54 Å². The Bertz CT molecular complexity index is 840. The van der Waals surface area contributed by atoms with Gasteiger partial charge in [-0.3, -0.25) is 9.59 Å². The molecule has 0 bridgehead atoms. The Kier molecular flexibility index (Phi) is 5.33. The number of nitrogens with zero attached hydrogens (tertiary/aromatic N) is 2. The number of carbonyl (C=O) groups is 2. The highest BCUT2D eigenvalue weighted by Crippen LogP contribution is 2.31. The second-order valence-corrected chi connectivity index (χ2v) is 7.26. The highest BCUT2D eigenvalue weighted by Gasteiger charge is 2.25. The van der Waals surface area contributed by atoms with Crippen LogP contribution in [0.4, 0.5) is 5.69 Å². The topological polar surface area (TPSA) is 40.6 Å². The van der Waals surface area contributed by atoms with Gasteiger partial charge in [0.05, 0.1) is 10.7 Å². The van der Waals surface area contributed by atoms with Crippen LogP contribution < -0.4 is 4.90 Å². The van der Waals surface area contributed by atoms with E-state index in [1.165, 1.54) is 23.0 Å². The first-order valence-electron chi connectivity index (χ1n) is 8.76.